The van der Waals surface area contributed by atoms with Gasteiger partial charge in [-0.15, -0.1) is 24.0 Å². The lowest BCUT2D eigenvalue weighted by atomic mass is 10.3. The van der Waals surface area contributed by atoms with Crippen LogP contribution in [0, 0.1) is 0 Å². The summed E-state index contributed by atoms with van der Waals surface area (Å²) in [4.78, 5) is 9.07. The van der Waals surface area contributed by atoms with E-state index in [1.54, 1.807) is 0 Å². The van der Waals surface area contributed by atoms with Crippen molar-refractivity contribution in [2.45, 2.75) is 20.3 Å². The number of guanidine groups is 1. The zero-order chi connectivity index (χ0) is 13.5. The van der Waals surface area contributed by atoms with Gasteiger partial charge >= 0.3 is 0 Å². The van der Waals surface area contributed by atoms with Crippen molar-refractivity contribution >= 4 is 35.6 Å². The molecule has 0 unspecified atom stereocenters. The monoisotopic (exact) mass is 387 g/mol. The number of pyridine rings is 1. The molecule has 0 amide bonds. The summed E-state index contributed by atoms with van der Waals surface area (Å²) in [7, 11) is 0. The number of fused-ring (bicyclic) bond motifs is 1. The summed E-state index contributed by atoms with van der Waals surface area (Å²) in [5.74, 6) is 0.869. The Bertz CT molecular complexity index is 508. The molecule has 2 aromatic heterocycles. The van der Waals surface area contributed by atoms with Crippen molar-refractivity contribution in [3.8, 4) is 0 Å². The normalized spacial score (nSPS) is 9.90. The minimum absolute atomic E-state index is 0. The van der Waals surface area contributed by atoms with Gasteiger partial charge in [0, 0.05) is 38.4 Å². The van der Waals surface area contributed by atoms with Crippen LogP contribution in [0.5, 0.6) is 0 Å². The van der Waals surface area contributed by atoms with Crippen molar-refractivity contribution in [3.63, 3.8) is 0 Å². The molecular formula is C14H22IN5. The van der Waals surface area contributed by atoms with Crippen LogP contribution in [0.15, 0.2) is 35.6 Å². The van der Waals surface area contributed by atoms with Crippen LogP contribution in [0.2, 0.25) is 0 Å². The summed E-state index contributed by atoms with van der Waals surface area (Å²) in [5.41, 5.74) is 2.06. The van der Waals surface area contributed by atoms with Crippen LogP contribution < -0.4 is 10.6 Å². The number of hydrogen-bond donors (Lipinski definition) is 2. The summed E-state index contributed by atoms with van der Waals surface area (Å²) in [6.45, 7) is 6.61. The van der Waals surface area contributed by atoms with E-state index in [-0.39, 0.29) is 24.0 Å². The van der Waals surface area contributed by atoms with Gasteiger partial charge in [-0.1, -0.05) is 6.07 Å². The van der Waals surface area contributed by atoms with E-state index in [9.17, 15) is 0 Å². The lowest BCUT2D eigenvalue weighted by Crippen LogP contribution is -2.37. The van der Waals surface area contributed by atoms with E-state index < -0.39 is 0 Å². The standard InChI is InChI=1S/C14H21N5.HI/c1-3-15-14(16-4-2)17-9-8-12-11-19-10-6-5-7-13(19)18-12;/h5-7,10-11H,3-4,8-9H2,1-2H3,(H2,15,16,17);1H. The zero-order valence-corrected chi connectivity index (χ0v) is 14.3. The second kappa shape index (κ2) is 8.78. The van der Waals surface area contributed by atoms with Crippen LogP contribution in [-0.4, -0.2) is 35.0 Å². The molecule has 0 aromatic carbocycles. The van der Waals surface area contributed by atoms with E-state index in [4.69, 9.17) is 0 Å². The third kappa shape index (κ3) is 4.66. The highest BCUT2D eigenvalue weighted by molar-refractivity contribution is 14.0. The van der Waals surface area contributed by atoms with Gasteiger partial charge in [0.05, 0.1) is 5.69 Å². The van der Waals surface area contributed by atoms with Crippen LogP contribution in [0.3, 0.4) is 0 Å². The summed E-state index contributed by atoms with van der Waals surface area (Å²) < 4.78 is 2.04. The molecule has 0 atom stereocenters. The average molecular weight is 387 g/mol. The Morgan fingerprint density at radius 2 is 2.00 bits per heavy atom. The molecule has 2 rings (SSSR count). The van der Waals surface area contributed by atoms with Crippen molar-refractivity contribution in [3.05, 3.63) is 36.3 Å². The highest BCUT2D eigenvalue weighted by atomic mass is 127. The molecule has 0 aliphatic carbocycles. The van der Waals surface area contributed by atoms with E-state index in [0.29, 0.717) is 0 Å². The molecule has 0 aliphatic rings. The summed E-state index contributed by atoms with van der Waals surface area (Å²) in [6, 6.07) is 6.01. The molecule has 0 radical (unpaired) electrons. The first-order valence-electron chi connectivity index (χ1n) is 6.78. The Balaban J connectivity index is 0.00000200. The van der Waals surface area contributed by atoms with Crippen LogP contribution >= 0.6 is 24.0 Å². The maximum absolute atomic E-state index is 4.55. The van der Waals surface area contributed by atoms with E-state index in [1.807, 2.05) is 28.8 Å². The Morgan fingerprint density at radius 1 is 1.25 bits per heavy atom. The first-order valence-corrected chi connectivity index (χ1v) is 6.78. The van der Waals surface area contributed by atoms with Crippen molar-refractivity contribution in [2.75, 3.05) is 19.6 Å². The lowest BCUT2D eigenvalue weighted by molar-refractivity contribution is 0.829. The molecule has 20 heavy (non-hydrogen) atoms. The molecule has 110 valence electrons. The van der Waals surface area contributed by atoms with E-state index in [2.05, 4.69) is 40.7 Å². The van der Waals surface area contributed by atoms with Gasteiger partial charge in [-0.2, -0.15) is 0 Å². The van der Waals surface area contributed by atoms with Crippen molar-refractivity contribution in [1.29, 1.82) is 0 Å². The molecule has 0 fully saturated rings. The third-order valence-electron chi connectivity index (χ3n) is 2.74. The largest absolute Gasteiger partial charge is 0.357 e. The highest BCUT2D eigenvalue weighted by Crippen LogP contribution is 2.04. The van der Waals surface area contributed by atoms with Gasteiger partial charge in [0.1, 0.15) is 5.65 Å². The molecule has 0 saturated heterocycles. The second-order valence-corrected chi connectivity index (χ2v) is 4.24. The average Bonchev–Trinajstić information content (AvgIpc) is 2.82. The van der Waals surface area contributed by atoms with Crippen LogP contribution in [0.4, 0.5) is 0 Å². The Labute approximate surface area is 136 Å². The molecule has 0 aliphatic heterocycles. The minimum Gasteiger partial charge on any atom is -0.357 e. The topological polar surface area (TPSA) is 53.7 Å². The smallest absolute Gasteiger partial charge is 0.191 e. The number of halogens is 1. The predicted molar refractivity (Wildman–Crippen MR) is 94.0 cm³/mol. The molecule has 0 spiro atoms. The Morgan fingerprint density at radius 3 is 2.65 bits per heavy atom. The van der Waals surface area contributed by atoms with E-state index >= 15 is 0 Å². The van der Waals surface area contributed by atoms with Crippen molar-refractivity contribution in [1.82, 2.24) is 20.0 Å². The number of nitrogens with zero attached hydrogens (tertiary/aromatic N) is 3. The molecule has 2 aromatic rings. The van der Waals surface area contributed by atoms with Crippen LogP contribution in [0.25, 0.3) is 5.65 Å². The molecule has 2 N–H and O–H groups in total. The van der Waals surface area contributed by atoms with Gasteiger partial charge in [0.25, 0.3) is 0 Å². The van der Waals surface area contributed by atoms with Crippen molar-refractivity contribution in [2.24, 2.45) is 4.99 Å². The number of rotatable bonds is 5. The fourth-order valence-electron chi connectivity index (χ4n) is 1.90. The maximum atomic E-state index is 4.55. The maximum Gasteiger partial charge on any atom is 0.191 e. The van der Waals surface area contributed by atoms with Gasteiger partial charge in [-0.05, 0) is 26.0 Å². The lowest BCUT2D eigenvalue weighted by Gasteiger charge is -2.08. The zero-order valence-electron chi connectivity index (χ0n) is 12.0. The predicted octanol–water partition coefficient (Wildman–Crippen LogP) is 2.07. The molecule has 0 saturated carbocycles. The van der Waals surface area contributed by atoms with Gasteiger partial charge in [-0.3, -0.25) is 4.99 Å². The molecule has 5 nitrogen and oxygen atoms in total. The molecule has 0 bridgehead atoms. The van der Waals surface area contributed by atoms with Crippen LogP contribution in [-0.2, 0) is 6.42 Å². The third-order valence-corrected chi connectivity index (χ3v) is 2.74. The van der Waals surface area contributed by atoms with Crippen LogP contribution in [0.1, 0.15) is 19.5 Å². The molecular weight excluding hydrogens is 365 g/mol. The highest BCUT2D eigenvalue weighted by Gasteiger charge is 2.00. The van der Waals surface area contributed by atoms with Gasteiger partial charge < -0.3 is 15.0 Å². The minimum atomic E-state index is 0. The van der Waals surface area contributed by atoms with Gasteiger partial charge in [-0.25, -0.2) is 4.98 Å². The Kier molecular flexibility index (Phi) is 7.35. The number of hydrogen-bond acceptors (Lipinski definition) is 2. The number of aromatic nitrogens is 2. The number of nitrogens with one attached hydrogen (secondary N) is 2. The fourth-order valence-corrected chi connectivity index (χ4v) is 1.90. The van der Waals surface area contributed by atoms with Gasteiger partial charge in [0.15, 0.2) is 5.96 Å². The van der Waals surface area contributed by atoms with E-state index in [1.165, 1.54) is 0 Å². The molecule has 2 heterocycles. The number of imidazole rings is 1. The Hall–Kier alpha value is -1.31. The fraction of sp³-hybridized carbons (Fsp3) is 0.429. The number of aliphatic imine (C=N–C) groups is 1. The molecule has 6 heteroatoms. The SMILES string of the molecule is CCNC(=NCCc1cn2ccccc2n1)NCC.I. The summed E-state index contributed by atoms with van der Waals surface area (Å²) in [6.07, 6.45) is 4.92. The quantitative estimate of drug-likeness (QED) is 0.469. The second-order valence-electron chi connectivity index (χ2n) is 4.24. The first kappa shape index (κ1) is 16.7. The van der Waals surface area contributed by atoms with E-state index in [0.717, 1.165) is 43.4 Å². The van der Waals surface area contributed by atoms with Crippen molar-refractivity contribution < 1.29 is 0 Å². The summed E-state index contributed by atoms with van der Waals surface area (Å²) in [5, 5.41) is 6.42. The first-order chi connectivity index (χ1) is 9.33. The van der Waals surface area contributed by atoms with Gasteiger partial charge in [0.2, 0.25) is 0 Å². The summed E-state index contributed by atoms with van der Waals surface area (Å²) >= 11 is 0.